The smallest absolute Gasteiger partial charge is 0.255 e. The van der Waals surface area contributed by atoms with E-state index >= 15 is 0 Å². The van der Waals surface area contributed by atoms with E-state index in [-0.39, 0.29) is 5.91 Å². The monoisotopic (exact) mass is 322 g/mol. The predicted molar refractivity (Wildman–Crippen MR) is 96.1 cm³/mol. The summed E-state index contributed by atoms with van der Waals surface area (Å²) in [6.45, 7) is 4.08. The van der Waals surface area contributed by atoms with Crippen molar-refractivity contribution in [2.24, 2.45) is 0 Å². The topological polar surface area (TPSA) is 42.0 Å². The molecule has 0 spiro atoms. The summed E-state index contributed by atoms with van der Waals surface area (Å²) < 4.78 is 0. The van der Waals surface area contributed by atoms with E-state index in [0.717, 1.165) is 33.9 Å². The second kappa shape index (κ2) is 6.75. The summed E-state index contributed by atoms with van der Waals surface area (Å²) in [4.78, 5) is 16.9. The first-order valence-electron chi connectivity index (χ1n) is 7.59. The number of benzene rings is 2. The van der Waals surface area contributed by atoms with Crippen LogP contribution in [0.2, 0.25) is 0 Å². The van der Waals surface area contributed by atoms with Gasteiger partial charge in [-0.1, -0.05) is 37.3 Å². The van der Waals surface area contributed by atoms with Crippen molar-refractivity contribution in [1.82, 2.24) is 4.98 Å². The molecule has 0 bridgehead atoms. The van der Waals surface area contributed by atoms with Crippen molar-refractivity contribution in [3.05, 3.63) is 70.0 Å². The highest BCUT2D eigenvalue weighted by Gasteiger charge is 2.09. The number of rotatable bonds is 4. The number of nitrogens with zero attached hydrogens (tertiary/aromatic N) is 1. The van der Waals surface area contributed by atoms with E-state index in [0.29, 0.717) is 5.56 Å². The minimum Gasteiger partial charge on any atom is -0.322 e. The molecule has 0 saturated heterocycles. The van der Waals surface area contributed by atoms with Crippen LogP contribution in [-0.2, 0) is 6.42 Å². The van der Waals surface area contributed by atoms with Gasteiger partial charge in [0, 0.05) is 22.2 Å². The largest absolute Gasteiger partial charge is 0.322 e. The number of aryl methyl sites for hydroxylation is 2. The zero-order valence-electron chi connectivity index (χ0n) is 13.2. The molecule has 0 unspecified atom stereocenters. The number of carbonyl (C=O) groups is 1. The highest BCUT2D eigenvalue weighted by Crippen LogP contribution is 2.23. The predicted octanol–water partition coefficient (Wildman–Crippen LogP) is 4.93. The van der Waals surface area contributed by atoms with Crippen LogP contribution in [0.1, 0.15) is 27.9 Å². The van der Waals surface area contributed by atoms with Gasteiger partial charge in [0.25, 0.3) is 5.91 Å². The highest BCUT2D eigenvalue weighted by molar-refractivity contribution is 7.09. The maximum absolute atomic E-state index is 12.3. The third-order valence-corrected chi connectivity index (χ3v) is 4.68. The molecule has 3 rings (SSSR count). The van der Waals surface area contributed by atoms with Crippen LogP contribution in [0.4, 0.5) is 5.69 Å². The minimum atomic E-state index is -0.0987. The SMILES string of the molecule is CCc1nc(-c2ccc(C(=O)Nc3ccccc3C)cc2)cs1. The number of anilines is 1. The van der Waals surface area contributed by atoms with Crippen LogP contribution in [-0.4, -0.2) is 10.9 Å². The third kappa shape index (κ3) is 3.48. The van der Waals surface area contributed by atoms with Gasteiger partial charge in [0.05, 0.1) is 10.7 Å². The molecule has 1 aromatic heterocycles. The van der Waals surface area contributed by atoms with Gasteiger partial charge in [0.1, 0.15) is 0 Å². The zero-order chi connectivity index (χ0) is 16.2. The van der Waals surface area contributed by atoms with Crippen LogP contribution in [0, 0.1) is 6.92 Å². The summed E-state index contributed by atoms with van der Waals surface area (Å²) >= 11 is 1.67. The Bertz CT molecular complexity index is 821. The Kier molecular flexibility index (Phi) is 4.53. The van der Waals surface area contributed by atoms with Crippen molar-refractivity contribution in [3.8, 4) is 11.3 Å². The Morgan fingerprint density at radius 2 is 1.87 bits per heavy atom. The second-order valence-corrected chi connectivity index (χ2v) is 6.27. The minimum absolute atomic E-state index is 0.0987. The van der Waals surface area contributed by atoms with Gasteiger partial charge >= 0.3 is 0 Å². The fraction of sp³-hybridized carbons (Fsp3) is 0.158. The van der Waals surface area contributed by atoms with Gasteiger partial charge in [-0.05, 0) is 37.1 Å². The van der Waals surface area contributed by atoms with Crippen LogP contribution in [0.25, 0.3) is 11.3 Å². The van der Waals surface area contributed by atoms with Gasteiger partial charge in [-0.2, -0.15) is 0 Å². The van der Waals surface area contributed by atoms with E-state index in [4.69, 9.17) is 0 Å². The van der Waals surface area contributed by atoms with E-state index in [9.17, 15) is 4.79 Å². The quantitative estimate of drug-likeness (QED) is 0.739. The summed E-state index contributed by atoms with van der Waals surface area (Å²) in [5.41, 5.74) is 4.54. The first-order valence-corrected chi connectivity index (χ1v) is 8.47. The van der Waals surface area contributed by atoms with E-state index in [1.807, 2.05) is 55.5 Å². The number of aromatic nitrogens is 1. The van der Waals surface area contributed by atoms with Gasteiger partial charge in [0.2, 0.25) is 0 Å². The Morgan fingerprint density at radius 3 is 2.52 bits per heavy atom. The number of hydrogen-bond donors (Lipinski definition) is 1. The number of amides is 1. The lowest BCUT2D eigenvalue weighted by atomic mass is 10.1. The van der Waals surface area contributed by atoms with Gasteiger partial charge < -0.3 is 5.32 Å². The molecule has 23 heavy (non-hydrogen) atoms. The normalized spacial score (nSPS) is 10.5. The van der Waals surface area contributed by atoms with Crippen LogP contribution in [0.3, 0.4) is 0 Å². The fourth-order valence-corrected chi connectivity index (χ4v) is 3.06. The van der Waals surface area contributed by atoms with Gasteiger partial charge in [-0.25, -0.2) is 4.98 Å². The van der Waals surface area contributed by atoms with Crippen molar-refractivity contribution < 1.29 is 4.79 Å². The second-order valence-electron chi connectivity index (χ2n) is 5.33. The fourth-order valence-electron chi connectivity index (χ4n) is 2.31. The Hall–Kier alpha value is -2.46. The lowest BCUT2D eigenvalue weighted by Gasteiger charge is -2.08. The van der Waals surface area contributed by atoms with E-state index in [1.165, 1.54) is 0 Å². The van der Waals surface area contributed by atoms with Crippen LogP contribution >= 0.6 is 11.3 Å². The van der Waals surface area contributed by atoms with Gasteiger partial charge in [-0.3, -0.25) is 4.79 Å². The van der Waals surface area contributed by atoms with Gasteiger partial charge in [-0.15, -0.1) is 11.3 Å². The number of hydrogen-bond acceptors (Lipinski definition) is 3. The maximum atomic E-state index is 12.3. The molecule has 2 aromatic carbocycles. The van der Waals surface area contributed by atoms with Crippen molar-refractivity contribution in [2.75, 3.05) is 5.32 Å². The van der Waals surface area contributed by atoms with E-state index in [2.05, 4.69) is 22.6 Å². The lowest BCUT2D eigenvalue weighted by molar-refractivity contribution is 0.102. The molecular formula is C19H18N2OS. The molecule has 0 aliphatic rings. The summed E-state index contributed by atoms with van der Waals surface area (Å²) in [7, 11) is 0. The summed E-state index contributed by atoms with van der Waals surface area (Å²) in [6, 6.07) is 15.3. The molecule has 0 fully saturated rings. The molecule has 0 atom stereocenters. The average molecular weight is 322 g/mol. The first kappa shape index (κ1) is 15.4. The molecule has 3 nitrogen and oxygen atoms in total. The van der Waals surface area contributed by atoms with Crippen molar-refractivity contribution >= 4 is 22.9 Å². The van der Waals surface area contributed by atoms with E-state index < -0.39 is 0 Å². The Balaban J connectivity index is 1.76. The molecule has 3 aromatic rings. The molecular weight excluding hydrogens is 304 g/mol. The van der Waals surface area contributed by atoms with Crippen LogP contribution < -0.4 is 5.32 Å². The maximum Gasteiger partial charge on any atom is 0.255 e. The first-order chi connectivity index (χ1) is 11.2. The standard InChI is InChI=1S/C19H18N2OS/c1-3-18-20-17(12-23-18)14-8-10-15(11-9-14)19(22)21-16-7-5-4-6-13(16)2/h4-12H,3H2,1-2H3,(H,21,22). The van der Waals surface area contributed by atoms with Crippen molar-refractivity contribution in [1.29, 1.82) is 0 Å². The summed E-state index contributed by atoms with van der Waals surface area (Å²) in [6.07, 6.45) is 0.946. The summed E-state index contributed by atoms with van der Waals surface area (Å²) in [5, 5.41) is 6.13. The molecule has 0 saturated carbocycles. The Labute approximate surface area is 140 Å². The lowest BCUT2D eigenvalue weighted by Crippen LogP contribution is -2.12. The summed E-state index contributed by atoms with van der Waals surface area (Å²) in [5.74, 6) is -0.0987. The molecule has 0 aliphatic heterocycles. The van der Waals surface area contributed by atoms with Crippen LogP contribution in [0.15, 0.2) is 53.9 Å². The molecule has 1 amide bonds. The number of carbonyl (C=O) groups excluding carboxylic acids is 1. The molecule has 1 N–H and O–H groups in total. The number of thiazole rings is 1. The van der Waals surface area contributed by atoms with E-state index in [1.54, 1.807) is 11.3 Å². The van der Waals surface area contributed by atoms with Crippen molar-refractivity contribution in [3.63, 3.8) is 0 Å². The van der Waals surface area contributed by atoms with Gasteiger partial charge in [0.15, 0.2) is 0 Å². The number of nitrogens with one attached hydrogen (secondary N) is 1. The molecule has 0 radical (unpaired) electrons. The molecule has 1 heterocycles. The highest BCUT2D eigenvalue weighted by atomic mass is 32.1. The number of para-hydroxylation sites is 1. The Morgan fingerprint density at radius 1 is 1.13 bits per heavy atom. The van der Waals surface area contributed by atoms with Crippen LogP contribution in [0.5, 0.6) is 0 Å². The molecule has 0 aliphatic carbocycles. The van der Waals surface area contributed by atoms with Crippen molar-refractivity contribution in [2.45, 2.75) is 20.3 Å². The zero-order valence-corrected chi connectivity index (χ0v) is 14.0. The average Bonchev–Trinajstić information content (AvgIpc) is 3.06. The molecule has 4 heteroatoms. The molecule has 116 valence electrons. The third-order valence-electron chi connectivity index (χ3n) is 3.69.